The van der Waals surface area contributed by atoms with E-state index in [1.165, 1.54) is 37.4 Å². The van der Waals surface area contributed by atoms with Gasteiger partial charge in [0.25, 0.3) is 23.6 Å². The van der Waals surface area contributed by atoms with E-state index in [9.17, 15) is 24.0 Å². The number of nitrogens with one attached hydrogen (secondary N) is 2. The largest absolute Gasteiger partial charge is 0.454 e. The van der Waals surface area contributed by atoms with E-state index in [4.69, 9.17) is 14.2 Å². The van der Waals surface area contributed by atoms with E-state index in [0.29, 0.717) is 11.5 Å². The highest BCUT2D eigenvalue weighted by Crippen LogP contribution is 2.32. The standard InChI is InChI=1S/C21H17N3O8/c1-24-20(28)13-4-3-12(7-14(13)21(24)29)23-17(25)9-30-18(26)8-22-19(27)11-2-5-15-16(6-11)32-10-31-15/h2-7H,8-10H2,1H3,(H,22,27)(H,23,25). The lowest BCUT2D eigenvalue weighted by molar-refractivity contribution is -0.146. The summed E-state index contributed by atoms with van der Waals surface area (Å²) in [6, 6.07) is 8.88. The normalized spacial score (nSPS) is 13.6. The van der Waals surface area contributed by atoms with Crippen molar-refractivity contribution in [2.75, 3.05) is 32.3 Å². The minimum Gasteiger partial charge on any atom is -0.454 e. The zero-order valence-electron chi connectivity index (χ0n) is 16.8. The summed E-state index contributed by atoms with van der Waals surface area (Å²) in [7, 11) is 1.37. The van der Waals surface area contributed by atoms with E-state index in [0.717, 1.165) is 4.90 Å². The molecule has 0 atom stereocenters. The van der Waals surface area contributed by atoms with E-state index in [1.54, 1.807) is 6.07 Å². The van der Waals surface area contributed by atoms with Crippen LogP contribution in [0.5, 0.6) is 11.5 Å². The van der Waals surface area contributed by atoms with Gasteiger partial charge < -0.3 is 24.8 Å². The summed E-state index contributed by atoms with van der Waals surface area (Å²) in [5.41, 5.74) is 0.978. The number of benzene rings is 2. The summed E-state index contributed by atoms with van der Waals surface area (Å²) in [6.07, 6.45) is 0. The highest BCUT2D eigenvalue weighted by Gasteiger charge is 2.32. The Morgan fingerprint density at radius 1 is 1.00 bits per heavy atom. The topological polar surface area (TPSA) is 140 Å². The quantitative estimate of drug-likeness (QED) is 0.491. The van der Waals surface area contributed by atoms with Gasteiger partial charge in [-0.2, -0.15) is 0 Å². The fourth-order valence-electron chi connectivity index (χ4n) is 3.13. The van der Waals surface area contributed by atoms with Gasteiger partial charge in [0.05, 0.1) is 11.1 Å². The van der Waals surface area contributed by atoms with Crippen LogP contribution >= 0.6 is 0 Å². The van der Waals surface area contributed by atoms with Gasteiger partial charge in [0.1, 0.15) is 6.54 Å². The Morgan fingerprint density at radius 2 is 1.75 bits per heavy atom. The van der Waals surface area contributed by atoms with Gasteiger partial charge in [-0.15, -0.1) is 0 Å². The van der Waals surface area contributed by atoms with Gasteiger partial charge in [0.15, 0.2) is 18.1 Å². The first-order valence-electron chi connectivity index (χ1n) is 9.43. The van der Waals surface area contributed by atoms with Crippen LogP contribution in [0.4, 0.5) is 5.69 Å². The summed E-state index contributed by atoms with van der Waals surface area (Å²) in [5.74, 6) is -1.91. The van der Waals surface area contributed by atoms with Crippen molar-refractivity contribution in [2.24, 2.45) is 0 Å². The van der Waals surface area contributed by atoms with Crippen molar-refractivity contribution in [2.45, 2.75) is 0 Å². The lowest BCUT2D eigenvalue weighted by Crippen LogP contribution is -2.32. The molecule has 4 amide bonds. The first-order chi connectivity index (χ1) is 15.3. The maximum Gasteiger partial charge on any atom is 0.325 e. The lowest BCUT2D eigenvalue weighted by Gasteiger charge is -2.08. The van der Waals surface area contributed by atoms with Crippen molar-refractivity contribution >= 4 is 35.3 Å². The van der Waals surface area contributed by atoms with Crippen LogP contribution in [0, 0.1) is 0 Å². The summed E-state index contributed by atoms with van der Waals surface area (Å²) in [5, 5.41) is 4.87. The third kappa shape index (κ3) is 4.08. The summed E-state index contributed by atoms with van der Waals surface area (Å²) in [4.78, 5) is 60.9. The van der Waals surface area contributed by atoms with Gasteiger partial charge in [-0.3, -0.25) is 28.9 Å². The number of hydrogen-bond donors (Lipinski definition) is 2. The SMILES string of the molecule is CN1C(=O)c2ccc(NC(=O)COC(=O)CNC(=O)c3ccc4c(c3)OCO4)cc2C1=O. The van der Waals surface area contributed by atoms with Crippen molar-refractivity contribution in [1.29, 1.82) is 0 Å². The Hall–Kier alpha value is -4.41. The Labute approximate surface area is 181 Å². The van der Waals surface area contributed by atoms with E-state index < -0.39 is 42.7 Å². The molecule has 0 aromatic heterocycles. The van der Waals surface area contributed by atoms with Gasteiger partial charge >= 0.3 is 5.97 Å². The zero-order valence-corrected chi connectivity index (χ0v) is 16.8. The van der Waals surface area contributed by atoms with Crippen LogP contribution in [-0.2, 0) is 14.3 Å². The van der Waals surface area contributed by atoms with E-state index in [2.05, 4.69) is 10.6 Å². The monoisotopic (exact) mass is 439 g/mol. The molecule has 164 valence electrons. The Bertz CT molecular complexity index is 1160. The van der Waals surface area contributed by atoms with E-state index >= 15 is 0 Å². The number of imide groups is 1. The number of nitrogens with zero attached hydrogens (tertiary/aromatic N) is 1. The van der Waals surface area contributed by atoms with Crippen molar-refractivity contribution in [3.05, 3.63) is 53.1 Å². The van der Waals surface area contributed by atoms with Crippen LogP contribution in [0.25, 0.3) is 0 Å². The van der Waals surface area contributed by atoms with Crippen molar-refractivity contribution in [1.82, 2.24) is 10.2 Å². The molecule has 2 N–H and O–H groups in total. The van der Waals surface area contributed by atoms with Crippen LogP contribution in [0.1, 0.15) is 31.1 Å². The minimum atomic E-state index is -0.814. The second-order valence-electron chi connectivity index (χ2n) is 6.89. The van der Waals surface area contributed by atoms with Gasteiger partial charge in [-0.1, -0.05) is 0 Å². The minimum absolute atomic E-state index is 0.0751. The molecule has 0 spiro atoms. The molecule has 11 nitrogen and oxygen atoms in total. The average molecular weight is 439 g/mol. The Kier molecular flexibility index (Phi) is 5.46. The number of hydrogen-bond acceptors (Lipinski definition) is 8. The second-order valence-corrected chi connectivity index (χ2v) is 6.89. The van der Waals surface area contributed by atoms with Gasteiger partial charge in [0, 0.05) is 18.3 Å². The number of rotatable bonds is 6. The van der Waals surface area contributed by atoms with Crippen LogP contribution in [0.2, 0.25) is 0 Å². The first kappa shape index (κ1) is 20.8. The number of ether oxygens (including phenoxy) is 3. The van der Waals surface area contributed by atoms with Crippen molar-refractivity contribution in [3.63, 3.8) is 0 Å². The number of esters is 1. The number of carbonyl (C=O) groups is 5. The van der Waals surface area contributed by atoms with Crippen LogP contribution in [0.3, 0.4) is 0 Å². The van der Waals surface area contributed by atoms with Gasteiger partial charge in [-0.25, -0.2) is 0 Å². The molecular formula is C21H17N3O8. The molecule has 11 heteroatoms. The fourth-order valence-corrected chi connectivity index (χ4v) is 3.13. The molecule has 0 aliphatic carbocycles. The molecule has 2 aliphatic rings. The van der Waals surface area contributed by atoms with Gasteiger partial charge in [0.2, 0.25) is 6.79 Å². The molecule has 2 aliphatic heterocycles. The summed E-state index contributed by atoms with van der Waals surface area (Å²) < 4.78 is 15.2. The molecule has 0 radical (unpaired) electrons. The van der Waals surface area contributed by atoms with E-state index in [1.807, 2.05) is 0 Å². The molecule has 0 saturated heterocycles. The molecular weight excluding hydrogens is 422 g/mol. The third-order valence-electron chi connectivity index (χ3n) is 4.77. The second kappa shape index (κ2) is 8.38. The number of amides is 4. The molecule has 0 fully saturated rings. The average Bonchev–Trinajstić information content (AvgIpc) is 3.34. The summed E-state index contributed by atoms with van der Waals surface area (Å²) in [6.45, 7) is -0.962. The van der Waals surface area contributed by atoms with Crippen LogP contribution < -0.4 is 20.1 Å². The van der Waals surface area contributed by atoms with Crippen LogP contribution in [-0.4, -0.2) is 61.5 Å². The molecule has 0 saturated carbocycles. The first-order valence-corrected chi connectivity index (χ1v) is 9.43. The maximum absolute atomic E-state index is 12.1. The number of carbonyl (C=O) groups excluding carboxylic acids is 5. The highest BCUT2D eigenvalue weighted by molar-refractivity contribution is 6.21. The number of anilines is 1. The van der Waals surface area contributed by atoms with Crippen molar-refractivity contribution in [3.8, 4) is 11.5 Å². The Morgan fingerprint density at radius 3 is 2.56 bits per heavy atom. The Balaban J connectivity index is 1.24. The van der Waals surface area contributed by atoms with Crippen molar-refractivity contribution < 1.29 is 38.2 Å². The molecule has 32 heavy (non-hydrogen) atoms. The molecule has 2 heterocycles. The highest BCUT2D eigenvalue weighted by atomic mass is 16.7. The third-order valence-corrected chi connectivity index (χ3v) is 4.77. The maximum atomic E-state index is 12.1. The lowest BCUT2D eigenvalue weighted by atomic mass is 10.1. The fraction of sp³-hybridized carbons (Fsp3) is 0.190. The zero-order chi connectivity index (χ0) is 22.8. The number of fused-ring (bicyclic) bond motifs is 2. The smallest absolute Gasteiger partial charge is 0.325 e. The predicted molar refractivity (Wildman–Crippen MR) is 107 cm³/mol. The predicted octanol–water partition coefficient (Wildman–Crippen LogP) is 0.553. The molecule has 0 bridgehead atoms. The molecule has 0 unspecified atom stereocenters. The van der Waals surface area contributed by atoms with E-state index in [-0.39, 0.29) is 29.2 Å². The van der Waals surface area contributed by atoms with Gasteiger partial charge in [-0.05, 0) is 36.4 Å². The summed E-state index contributed by atoms with van der Waals surface area (Å²) >= 11 is 0. The van der Waals surface area contributed by atoms with Crippen LogP contribution in [0.15, 0.2) is 36.4 Å². The molecule has 2 aromatic rings. The molecule has 4 rings (SSSR count). The molecule has 2 aromatic carbocycles.